The van der Waals surface area contributed by atoms with Crippen LogP contribution in [0.15, 0.2) is 47.6 Å². The largest absolute Gasteiger partial charge is 0.288 e. The molecule has 0 amide bonds. The highest BCUT2D eigenvalue weighted by molar-refractivity contribution is 6.33. The second kappa shape index (κ2) is 6.36. The fourth-order valence-electron chi connectivity index (χ4n) is 1.48. The SMILES string of the molecule is O=[N+]([O-])c1cc(/C=N\Nc2ccccc2Cl)ccc1Cl. The van der Waals surface area contributed by atoms with Gasteiger partial charge in [-0.15, -0.1) is 0 Å². The molecule has 2 aromatic rings. The van der Waals surface area contributed by atoms with E-state index in [4.69, 9.17) is 23.2 Å². The lowest BCUT2D eigenvalue weighted by Crippen LogP contribution is -1.94. The number of para-hydroxylation sites is 1. The molecule has 0 spiro atoms. The zero-order chi connectivity index (χ0) is 14.5. The summed E-state index contributed by atoms with van der Waals surface area (Å²) in [7, 11) is 0. The average molecular weight is 310 g/mol. The molecule has 5 nitrogen and oxygen atoms in total. The predicted molar refractivity (Wildman–Crippen MR) is 80.8 cm³/mol. The molecule has 102 valence electrons. The van der Waals surface area contributed by atoms with Crippen LogP contribution in [0.2, 0.25) is 10.0 Å². The van der Waals surface area contributed by atoms with E-state index < -0.39 is 4.92 Å². The molecule has 0 saturated heterocycles. The highest BCUT2D eigenvalue weighted by Crippen LogP contribution is 2.24. The molecule has 0 unspecified atom stereocenters. The molecule has 0 atom stereocenters. The minimum Gasteiger partial charge on any atom is -0.277 e. The number of nitrogens with zero attached hydrogens (tertiary/aromatic N) is 2. The summed E-state index contributed by atoms with van der Waals surface area (Å²) in [5.41, 5.74) is 3.80. The van der Waals surface area contributed by atoms with Crippen LogP contribution in [0.4, 0.5) is 11.4 Å². The molecule has 0 aliphatic carbocycles. The van der Waals surface area contributed by atoms with Crippen molar-refractivity contribution in [3.63, 3.8) is 0 Å². The van der Waals surface area contributed by atoms with Gasteiger partial charge in [-0.25, -0.2) is 0 Å². The van der Waals surface area contributed by atoms with Gasteiger partial charge in [-0.2, -0.15) is 5.10 Å². The summed E-state index contributed by atoms with van der Waals surface area (Å²) in [4.78, 5) is 10.2. The van der Waals surface area contributed by atoms with Gasteiger partial charge >= 0.3 is 0 Å². The highest BCUT2D eigenvalue weighted by Gasteiger charge is 2.11. The van der Waals surface area contributed by atoms with Gasteiger partial charge < -0.3 is 0 Å². The lowest BCUT2D eigenvalue weighted by molar-refractivity contribution is -0.384. The maximum atomic E-state index is 10.8. The maximum Gasteiger partial charge on any atom is 0.288 e. The van der Waals surface area contributed by atoms with Gasteiger partial charge in [0.15, 0.2) is 0 Å². The summed E-state index contributed by atoms with van der Waals surface area (Å²) >= 11 is 11.7. The Labute approximate surface area is 125 Å². The third-order valence-electron chi connectivity index (χ3n) is 2.44. The summed E-state index contributed by atoms with van der Waals surface area (Å²) in [6.07, 6.45) is 1.45. The first-order chi connectivity index (χ1) is 9.58. The van der Waals surface area contributed by atoms with Crippen LogP contribution >= 0.6 is 23.2 Å². The minimum atomic E-state index is -0.541. The van der Waals surface area contributed by atoms with Crippen LogP contribution in [0, 0.1) is 10.1 Å². The molecule has 0 bridgehead atoms. The van der Waals surface area contributed by atoms with Crippen molar-refractivity contribution in [3.05, 3.63) is 68.2 Å². The molecule has 0 aromatic heterocycles. The molecule has 0 aliphatic rings. The van der Waals surface area contributed by atoms with Gasteiger partial charge in [0.2, 0.25) is 0 Å². The van der Waals surface area contributed by atoms with Crippen LogP contribution in [0.5, 0.6) is 0 Å². The van der Waals surface area contributed by atoms with Crippen molar-refractivity contribution in [2.45, 2.75) is 0 Å². The molecule has 20 heavy (non-hydrogen) atoms. The number of hydrogen-bond donors (Lipinski definition) is 1. The normalized spacial score (nSPS) is 10.7. The van der Waals surface area contributed by atoms with Crippen LogP contribution in [-0.2, 0) is 0 Å². The zero-order valence-corrected chi connectivity index (χ0v) is 11.6. The molecule has 7 heteroatoms. The van der Waals surface area contributed by atoms with Crippen LogP contribution in [-0.4, -0.2) is 11.1 Å². The van der Waals surface area contributed by atoms with E-state index in [9.17, 15) is 10.1 Å². The van der Waals surface area contributed by atoms with E-state index in [1.807, 2.05) is 6.07 Å². The van der Waals surface area contributed by atoms with Crippen molar-refractivity contribution in [1.82, 2.24) is 0 Å². The second-order valence-corrected chi connectivity index (χ2v) is 4.63. The van der Waals surface area contributed by atoms with Crippen LogP contribution in [0.3, 0.4) is 0 Å². The Morgan fingerprint density at radius 3 is 2.60 bits per heavy atom. The smallest absolute Gasteiger partial charge is 0.277 e. The Morgan fingerprint density at radius 1 is 1.15 bits per heavy atom. The van der Waals surface area contributed by atoms with Gasteiger partial charge in [0, 0.05) is 11.6 Å². The Kier molecular flexibility index (Phi) is 4.55. The minimum absolute atomic E-state index is 0.0891. The Morgan fingerprint density at radius 2 is 1.90 bits per heavy atom. The molecule has 2 aromatic carbocycles. The fraction of sp³-hybridized carbons (Fsp3) is 0. The number of nitro groups is 1. The first-order valence-corrected chi connectivity index (χ1v) is 6.31. The number of anilines is 1. The average Bonchev–Trinajstić information content (AvgIpc) is 2.42. The molecule has 0 aliphatic heterocycles. The molecule has 1 N–H and O–H groups in total. The van der Waals surface area contributed by atoms with Crippen LogP contribution in [0.1, 0.15) is 5.56 Å². The molecule has 0 radical (unpaired) electrons. The summed E-state index contributed by atoms with van der Waals surface area (Å²) < 4.78 is 0. The summed E-state index contributed by atoms with van der Waals surface area (Å²) in [5.74, 6) is 0. The Balaban J connectivity index is 2.14. The van der Waals surface area contributed by atoms with Gasteiger partial charge in [-0.05, 0) is 18.2 Å². The number of halogens is 2. The zero-order valence-electron chi connectivity index (χ0n) is 10.1. The summed E-state index contributed by atoms with van der Waals surface area (Å²) in [6.45, 7) is 0. The van der Waals surface area contributed by atoms with Crippen LogP contribution in [0.25, 0.3) is 0 Å². The Bertz CT molecular complexity index is 674. The van der Waals surface area contributed by atoms with E-state index in [1.165, 1.54) is 18.3 Å². The van der Waals surface area contributed by atoms with Crippen molar-refractivity contribution in [3.8, 4) is 0 Å². The topological polar surface area (TPSA) is 67.5 Å². The monoisotopic (exact) mass is 309 g/mol. The molecule has 0 saturated carbocycles. The van der Waals surface area contributed by atoms with Gasteiger partial charge in [0.1, 0.15) is 5.02 Å². The summed E-state index contributed by atoms with van der Waals surface area (Å²) in [6, 6.07) is 11.6. The molecular weight excluding hydrogens is 301 g/mol. The first kappa shape index (κ1) is 14.3. The van der Waals surface area contributed by atoms with E-state index in [2.05, 4.69) is 10.5 Å². The van der Waals surface area contributed by atoms with Crippen molar-refractivity contribution in [2.24, 2.45) is 5.10 Å². The van der Waals surface area contributed by atoms with Crippen molar-refractivity contribution >= 4 is 40.8 Å². The van der Waals surface area contributed by atoms with Gasteiger partial charge in [0.05, 0.1) is 21.8 Å². The molecule has 0 fully saturated rings. The number of nitrogens with one attached hydrogen (secondary N) is 1. The molecular formula is C13H9Cl2N3O2. The third-order valence-corrected chi connectivity index (χ3v) is 3.09. The van der Waals surface area contributed by atoms with E-state index in [0.717, 1.165) is 0 Å². The predicted octanol–water partition coefficient (Wildman–Crippen LogP) is 4.35. The maximum absolute atomic E-state index is 10.8. The molecule has 2 rings (SSSR count). The first-order valence-electron chi connectivity index (χ1n) is 5.55. The highest BCUT2D eigenvalue weighted by atomic mass is 35.5. The summed E-state index contributed by atoms with van der Waals surface area (Å²) in [5, 5.41) is 15.4. The lowest BCUT2D eigenvalue weighted by atomic mass is 10.2. The third kappa shape index (κ3) is 3.46. The molecule has 0 heterocycles. The quantitative estimate of drug-likeness (QED) is 0.518. The van der Waals surface area contributed by atoms with Crippen molar-refractivity contribution in [2.75, 3.05) is 5.43 Å². The van der Waals surface area contributed by atoms with Crippen molar-refractivity contribution < 1.29 is 4.92 Å². The van der Waals surface area contributed by atoms with Crippen molar-refractivity contribution in [1.29, 1.82) is 0 Å². The number of nitro benzene ring substituents is 1. The van der Waals surface area contributed by atoms with E-state index in [0.29, 0.717) is 16.3 Å². The second-order valence-electron chi connectivity index (χ2n) is 3.82. The van der Waals surface area contributed by atoms with E-state index in [1.54, 1.807) is 24.3 Å². The number of hydrazone groups is 1. The Hall–Kier alpha value is -2.11. The number of hydrogen-bond acceptors (Lipinski definition) is 4. The standard InChI is InChI=1S/C13H9Cl2N3O2/c14-10-3-1-2-4-12(10)17-16-8-9-5-6-11(15)13(7-9)18(19)20/h1-8,17H/b16-8-. The van der Waals surface area contributed by atoms with E-state index >= 15 is 0 Å². The number of rotatable bonds is 4. The van der Waals surface area contributed by atoms with Crippen LogP contribution < -0.4 is 5.43 Å². The van der Waals surface area contributed by atoms with Gasteiger partial charge in [-0.1, -0.05) is 41.4 Å². The lowest BCUT2D eigenvalue weighted by Gasteiger charge is -2.02. The van der Waals surface area contributed by atoms with Gasteiger partial charge in [-0.3, -0.25) is 15.5 Å². The number of benzene rings is 2. The fourth-order valence-corrected chi connectivity index (χ4v) is 1.84. The van der Waals surface area contributed by atoms with Gasteiger partial charge in [0.25, 0.3) is 5.69 Å². The van der Waals surface area contributed by atoms with E-state index in [-0.39, 0.29) is 10.7 Å².